The largest absolute Gasteiger partial charge is 0.481 e. The van der Waals surface area contributed by atoms with E-state index < -0.39 is 24.0 Å². The topological polar surface area (TPSA) is 123 Å². The molecule has 3 aromatic rings. The molecule has 0 bridgehead atoms. The Morgan fingerprint density at radius 2 is 1.71 bits per heavy atom. The summed E-state index contributed by atoms with van der Waals surface area (Å²) in [5, 5.41) is 18.6. The summed E-state index contributed by atoms with van der Waals surface area (Å²) in [5.74, 6) is -1.48. The third kappa shape index (κ3) is 5.18. The lowest BCUT2D eigenvalue weighted by Gasteiger charge is -2.16. The van der Waals surface area contributed by atoms with Crippen molar-refractivity contribution in [1.82, 2.24) is 20.4 Å². The lowest BCUT2D eigenvalue weighted by Crippen LogP contribution is -2.37. The highest BCUT2D eigenvalue weighted by atomic mass is 16.5. The number of amides is 2. The van der Waals surface area contributed by atoms with Crippen LogP contribution in [0.4, 0.5) is 4.79 Å². The van der Waals surface area contributed by atoms with E-state index in [-0.39, 0.29) is 31.2 Å². The van der Waals surface area contributed by atoms with Gasteiger partial charge in [-0.25, -0.2) is 4.79 Å². The fourth-order valence-corrected chi connectivity index (χ4v) is 4.48. The normalized spacial score (nSPS) is 13.0. The summed E-state index contributed by atoms with van der Waals surface area (Å²) in [7, 11) is 1.61. The number of ether oxygens (including phenoxy) is 1. The molecule has 1 aliphatic carbocycles. The Morgan fingerprint density at radius 3 is 2.31 bits per heavy atom. The van der Waals surface area contributed by atoms with Crippen LogP contribution in [0.15, 0.2) is 54.7 Å². The molecular formula is C26H28N4O5. The summed E-state index contributed by atoms with van der Waals surface area (Å²) in [6.07, 6.45) is 1.20. The van der Waals surface area contributed by atoms with Crippen LogP contribution in [0.3, 0.4) is 0 Å². The molecule has 2 amide bonds. The highest BCUT2D eigenvalue weighted by Crippen LogP contribution is 2.44. The van der Waals surface area contributed by atoms with Crippen molar-refractivity contribution in [3.05, 3.63) is 77.1 Å². The molecule has 9 nitrogen and oxygen atoms in total. The minimum absolute atomic E-state index is 0.0446. The Balaban J connectivity index is 1.37. The number of carboxylic acids is 1. The van der Waals surface area contributed by atoms with Crippen molar-refractivity contribution in [2.45, 2.75) is 38.3 Å². The molecule has 9 heteroatoms. The van der Waals surface area contributed by atoms with Crippen LogP contribution in [-0.2, 0) is 23.1 Å². The Labute approximate surface area is 203 Å². The maximum Gasteiger partial charge on any atom is 0.407 e. The van der Waals surface area contributed by atoms with Gasteiger partial charge in [0.05, 0.1) is 19.2 Å². The van der Waals surface area contributed by atoms with E-state index in [9.17, 15) is 14.4 Å². The highest BCUT2D eigenvalue weighted by Gasteiger charge is 2.29. The summed E-state index contributed by atoms with van der Waals surface area (Å²) in [4.78, 5) is 36.3. The quantitative estimate of drug-likeness (QED) is 0.435. The van der Waals surface area contributed by atoms with Gasteiger partial charge in [0, 0.05) is 24.6 Å². The first-order valence-corrected chi connectivity index (χ1v) is 11.5. The number of rotatable bonds is 9. The Hall–Kier alpha value is -4.14. The molecule has 0 saturated carbocycles. The van der Waals surface area contributed by atoms with Crippen molar-refractivity contribution in [2.75, 3.05) is 6.61 Å². The summed E-state index contributed by atoms with van der Waals surface area (Å²) < 4.78 is 6.95. The molecule has 0 radical (unpaired) electrons. The van der Waals surface area contributed by atoms with Crippen molar-refractivity contribution >= 4 is 18.0 Å². The Kier molecular flexibility index (Phi) is 7.14. The molecule has 3 N–H and O–H groups in total. The molecule has 0 aliphatic heterocycles. The molecule has 1 aliphatic rings. The number of aryl methyl sites for hydroxylation is 1. The number of nitrogens with zero attached hydrogens (tertiary/aromatic N) is 2. The van der Waals surface area contributed by atoms with E-state index in [1.165, 1.54) is 10.9 Å². The number of carboxylic acid groups (broad SMARTS) is 1. The van der Waals surface area contributed by atoms with Crippen molar-refractivity contribution in [1.29, 1.82) is 0 Å². The minimum atomic E-state index is -0.987. The third-order valence-corrected chi connectivity index (χ3v) is 6.25. The van der Waals surface area contributed by atoms with Crippen molar-refractivity contribution in [3.8, 4) is 11.1 Å². The second-order valence-corrected chi connectivity index (χ2v) is 8.50. The van der Waals surface area contributed by atoms with Gasteiger partial charge in [-0.3, -0.25) is 14.3 Å². The maximum absolute atomic E-state index is 12.8. The average molecular weight is 477 g/mol. The molecule has 1 heterocycles. The maximum atomic E-state index is 12.8. The number of nitrogens with one attached hydrogen (secondary N) is 2. The molecule has 0 spiro atoms. The molecule has 1 atom stereocenters. The standard InChI is InChI=1S/C26H28N4O5/c1-3-17(12-23(31)32)29-25(33)24-16(14-28-30(24)2)13-27-26(34)35-15-22-20-10-6-4-8-18(20)19-9-5-7-11-21(19)22/h4-11,14,17,22H,3,12-13,15H2,1-2H3,(H,27,34)(H,29,33)(H,31,32). The number of hydrogen-bond acceptors (Lipinski definition) is 5. The molecule has 2 aromatic carbocycles. The fourth-order valence-electron chi connectivity index (χ4n) is 4.48. The smallest absolute Gasteiger partial charge is 0.407 e. The van der Waals surface area contributed by atoms with Crippen molar-refractivity contribution < 1.29 is 24.2 Å². The Bertz CT molecular complexity index is 1210. The zero-order valence-corrected chi connectivity index (χ0v) is 19.7. The molecular weight excluding hydrogens is 448 g/mol. The fraction of sp³-hybridized carbons (Fsp3) is 0.308. The van der Waals surface area contributed by atoms with Crippen molar-refractivity contribution in [3.63, 3.8) is 0 Å². The molecule has 4 rings (SSSR count). The first-order chi connectivity index (χ1) is 16.9. The van der Waals surface area contributed by atoms with E-state index in [4.69, 9.17) is 9.84 Å². The van der Waals surface area contributed by atoms with Gasteiger partial charge in [0.15, 0.2) is 0 Å². The molecule has 182 valence electrons. The molecule has 35 heavy (non-hydrogen) atoms. The van der Waals surface area contributed by atoms with E-state index in [2.05, 4.69) is 40.0 Å². The number of carbonyl (C=O) groups is 3. The van der Waals surface area contributed by atoms with E-state index in [1.807, 2.05) is 24.3 Å². The van der Waals surface area contributed by atoms with Gasteiger partial charge in [-0.05, 0) is 28.7 Å². The first-order valence-electron chi connectivity index (χ1n) is 11.5. The van der Waals surface area contributed by atoms with E-state index in [0.29, 0.717) is 12.0 Å². The SMILES string of the molecule is CCC(CC(=O)O)NC(=O)c1c(CNC(=O)OCC2c3ccccc3-c3ccccc32)cnn1C. The molecule has 1 aromatic heterocycles. The second kappa shape index (κ2) is 10.4. The monoisotopic (exact) mass is 476 g/mol. The van der Waals surface area contributed by atoms with Gasteiger partial charge >= 0.3 is 12.1 Å². The number of fused-ring (bicyclic) bond motifs is 3. The van der Waals surface area contributed by atoms with Gasteiger partial charge in [0.2, 0.25) is 0 Å². The second-order valence-electron chi connectivity index (χ2n) is 8.50. The summed E-state index contributed by atoms with van der Waals surface area (Å²) in [6.45, 7) is 2.04. The van der Waals surface area contributed by atoms with Gasteiger partial charge in [-0.1, -0.05) is 55.5 Å². The number of aromatic nitrogens is 2. The van der Waals surface area contributed by atoms with E-state index in [0.717, 1.165) is 22.3 Å². The zero-order chi connectivity index (χ0) is 24.9. The van der Waals surface area contributed by atoms with Crippen LogP contribution in [0, 0.1) is 0 Å². The molecule has 0 fully saturated rings. The number of hydrogen-bond donors (Lipinski definition) is 3. The minimum Gasteiger partial charge on any atom is -0.481 e. The van der Waals surface area contributed by atoms with Crippen LogP contribution in [0.2, 0.25) is 0 Å². The summed E-state index contributed by atoms with van der Waals surface area (Å²) in [6, 6.07) is 15.7. The third-order valence-electron chi connectivity index (χ3n) is 6.25. The zero-order valence-electron chi connectivity index (χ0n) is 19.7. The van der Waals surface area contributed by atoms with Crippen molar-refractivity contribution in [2.24, 2.45) is 7.05 Å². The lowest BCUT2D eigenvalue weighted by molar-refractivity contribution is -0.137. The number of benzene rings is 2. The average Bonchev–Trinajstić information content (AvgIpc) is 3.38. The van der Waals surface area contributed by atoms with E-state index >= 15 is 0 Å². The van der Waals surface area contributed by atoms with Crippen LogP contribution >= 0.6 is 0 Å². The summed E-state index contributed by atoms with van der Waals surface area (Å²) >= 11 is 0. The van der Waals surface area contributed by atoms with Crippen LogP contribution < -0.4 is 10.6 Å². The van der Waals surface area contributed by atoms with Crippen LogP contribution in [0.1, 0.15) is 52.9 Å². The van der Waals surface area contributed by atoms with Gasteiger partial charge in [-0.2, -0.15) is 5.10 Å². The van der Waals surface area contributed by atoms with E-state index in [1.54, 1.807) is 14.0 Å². The first kappa shape index (κ1) is 24.0. The number of carbonyl (C=O) groups excluding carboxylic acids is 2. The lowest BCUT2D eigenvalue weighted by atomic mass is 9.98. The number of aliphatic carboxylic acids is 1. The van der Waals surface area contributed by atoms with Gasteiger partial charge in [0.1, 0.15) is 12.3 Å². The van der Waals surface area contributed by atoms with Gasteiger partial charge < -0.3 is 20.5 Å². The van der Waals surface area contributed by atoms with Crippen LogP contribution in [0.5, 0.6) is 0 Å². The summed E-state index contributed by atoms with van der Waals surface area (Å²) in [5.41, 5.74) is 5.31. The number of alkyl carbamates (subject to hydrolysis) is 1. The van der Waals surface area contributed by atoms with Gasteiger partial charge in [-0.15, -0.1) is 0 Å². The Morgan fingerprint density at radius 1 is 1.09 bits per heavy atom. The molecule has 0 saturated heterocycles. The predicted molar refractivity (Wildman–Crippen MR) is 129 cm³/mol. The molecule has 1 unspecified atom stereocenters. The highest BCUT2D eigenvalue weighted by molar-refractivity contribution is 5.94. The predicted octanol–water partition coefficient (Wildman–Crippen LogP) is 3.44. The van der Waals surface area contributed by atoms with Crippen LogP contribution in [-0.4, -0.2) is 45.5 Å². The van der Waals surface area contributed by atoms with Crippen LogP contribution in [0.25, 0.3) is 11.1 Å². The van der Waals surface area contributed by atoms with Gasteiger partial charge in [0.25, 0.3) is 5.91 Å².